The third kappa shape index (κ3) is 3.13. The van der Waals surface area contributed by atoms with E-state index in [1.165, 1.54) is 0 Å². The molecule has 0 aliphatic heterocycles. The van der Waals surface area contributed by atoms with Crippen LogP contribution in [-0.4, -0.2) is 18.7 Å². The lowest BCUT2D eigenvalue weighted by Crippen LogP contribution is -2.18. The van der Waals surface area contributed by atoms with E-state index >= 15 is 0 Å². The summed E-state index contributed by atoms with van der Waals surface area (Å²) in [6.45, 7) is 2.34. The normalized spacial score (nSPS) is 11.9. The fourth-order valence-electron chi connectivity index (χ4n) is 1.43. The minimum atomic E-state index is -0.518. The smallest absolute Gasteiger partial charge is 0.0762 e. The molecule has 3 nitrogen and oxygen atoms in total. The molecule has 0 amide bonds. The van der Waals surface area contributed by atoms with E-state index in [1.807, 2.05) is 24.1 Å². The maximum atomic E-state index is 9.40. The number of anilines is 1. The lowest BCUT2D eigenvalue weighted by atomic mass is 10.1. The quantitative estimate of drug-likeness (QED) is 0.878. The van der Waals surface area contributed by atoms with E-state index in [2.05, 4.69) is 6.07 Å². The molecule has 0 aromatic heterocycles. The predicted molar refractivity (Wildman–Crippen MR) is 65.6 cm³/mol. The highest BCUT2D eigenvalue weighted by Gasteiger charge is 2.08. The van der Waals surface area contributed by atoms with E-state index in [4.69, 9.17) is 16.9 Å². The summed E-state index contributed by atoms with van der Waals surface area (Å²) in [6.07, 6.45) is -0.0543. The number of rotatable bonds is 4. The molecule has 0 heterocycles. The van der Waals surface area contributed by atoms with Crippen molar-refractivity contribution in [3.8, 4) is 6.07 Å². The molecule has 1 aromatic rings. The molecular weight excluding hydrogens is 224 g/mol. The zero-order valence-electron chi connectivity index (χ0n) is 9.44. The molecule has 0 saturated carbocycles. The number of hydrogen-bond acceptors (Lipinski definition) is 3. The number of benzene rings is 1. The standard InChI is InChI=1S/C12H15ClN2O/c1-9(16)10-4-5-12(11(13)8-10)15(2)7-3-6-14/h4-5,8-9,16H,3,7H2,1-2H3. The summed E-state index contributed by atoms with van der Waals surface area (Å²) in [5.74, 6) is 0. The molecule has 0 spiro atoms. The van der Waals surface area contributed by atoms with Crippen molar-refractivity contribution in [2.75, 3.05) is 18.5 Å². The third-order valence-electron chi connectivity index (χ3n) is 2.42. The Hall–Kier alpha value is -1.24. The van der Waals surface area contributed by atoms with Crippen LogP contribution in [0.5, 0.6) is 0 Å². The summed E-state index contributed by atoms with van der Waals surface area (Å²) >= 11 is 6.11. The molecule has 0 bridgehead atoms. The summed E-state index contributed by atoms with van der Waals surface area (Å²) in [4.78, 5) is 1.93. The second-order valence-electron chi connectivity index (χ2n) is 3.72. The summed E-state index contributed by atoms with van der Waals surface area (Å²) in [5.41, 5.74) is 1.67. The summed E-state index contributed by atoms with van der Waals surface area (Å²) < 4.78 is 0. The van der Waals surface area contributed by atoms with E-state index < -0.39 is 6.10 Å². The maximum absolute atomic E-state index is 9.40. The van der Waals surface area contributed by atoms with Crippen LogP contribution in [-0.2, 0) is 0 Å². The molecule has 0 radical (unpaired) electrons. The van der Waals surface area contributed by atoms with Crippen molar-refractivity contribution in [2.24, 2.45) is 0 Å². The lowest BCUT2D eigenvalue weighted by molar-refractivity contribution is 0.199. The molecule has 0 fully saturated rings. The van der Waals surface area contributed by atoms with Crippen molar-refractivity contribution in [1.29, 1.82) is 5.26 Å². The fourth-order valence-corrected chi connectivity index (χ4v) is 1.76. The second-order valence-corrected chi connectivity index (χ2v) is 4.12. The van der Waals surface area contributed by atoms with Gasteiger partial charge < -0.3 is 10.0 Å². The largest absolute Gasteiger partial charge is 0.389 e. The van der Waals surface area contributed by atoms with Gasteiger partial charge in [-0.05, 0) is 24.6 Å². The SMILES string of the molecule is CC(O)c1ccc(N(C)CCC#N)c(Cl)c1. The van der Waals surface area contributed by atoms with Crippen LogP contribution in [0.25, 0.3) is 0 Å². The maximum Gasteiger partial charge on any atom is 0.0762 e. The molecule has 1 rings (SSSR count). The van der Waals surface area contributed by atoms with Crippen LogP contribution in [0.3, 0.4) is 0 Å². The van der Waals surface area contributed by atoms with Crippen molar-refractivity contribution in [3.63, 3.8) is 0 Å². The van der Waals surface area contributed by atoms with E-state index in [-0.39, 0.29) is 0 Å². The van der Waals surface area contributed by atoms with Crippen molar-refractivity contribution >= 4 is 17.3 Å². The average molecular weight is 239 g/mol. The van der Waals surface area contributed by atoms with Crippen LogP contribution in [0.1, 0.15) is 25.0 Å². The average Bonchev–Trinajstić information content (AvgIpc) is 2.25. The topological polar surface area (TPSA) is 47.3 Å². The molecule has 0 aliphatic carbocycles. The van der Waals surface area contributed by atoms with Gasteiger partial charge in [0, 0.05) is 13.6 Å². The number of aliphatic hydroxyl groups is 1. The van der Waals surface area contributed by atoms with Crippen LogP contribution in [0.2, 0.25) is 5.02 Å². The number of nitriles is 1. The fraction of sp³-hybridized carbons (Fsp3) is 0.417. The number of aliphatic hydroxyl groups excluding tert-OH is 1. The van der Waals surface area contributed by atoms with Crippen molar-refractivity contribution in [1.82, 2.24) is 0 Å². The zero-order chi connectivity index (χ0) is 12.1. The monoisotopic (exact) mass is 238 g/mol. The molecule has 16 heavy (non-hydrogen) atoms. The zero-order valence-corrected chi connectivity index (χ0v) is 10.2. The second kappa shape index (κ2) is 5.74. The van der Waals surface area contributed by atoms with Gasteiger partial charge in [0.2, 0.25) is 0 Å². The van der Waals surface area contributed by atoms with Crippen molar-refractivity contribution in [3.05, 3.63) is 28.8 Å². The Labute approximate surface area is 101 Å². The molecule has 1 atom stereocenters. The Kier molecular flexibility index (Phi) is 4.60. The number of halogens is 1. The molecule has 1 aromatic carbocycles. The lowest BCUT2D eigenvalue weighted by Gasteiger charge is -2.20. The Morgan fingerprint density at radius 2 is 2.25 bits per heavy atom. The molecule has 1 unspecified atom stereocenters. The summed E-state index contributed by atoms with van der Waals surface area (Å²) in [7, 11) is 1.89. The van der Waals surface area contributed by atoms with E-state index in [1.54, 1.807) is 13.0 Å². The third-order valence-corrected chi connectivity index (χ3v) is 2.73. The van der Waals surface area contributed by atoms with Gasteiger partial charge in [-0.15, -0.1) is 0 Å². The van der Waals surface area contributed by atoms with Gasteiger partial charge in [-0.25, -0.2) is 0 Å². The minimum Gasteiger partial charge on any atom is -0.389 e. The molecule has 0 saturated heterocycles. The van der Waals surface area contributed by atoms with Crippen molar-refractivity contribution < 1.29 is 5.11 Å². The van der Waals surface area contributed by atoms with Crippen molar-refractivity contribution in [2.45, 2.75) is 19.4 Å². The van der Waals surface area contributed by atoms with Gasteiger partial charge in [0.15, 0.2) is 0 Å². The molecular formula is C12H15ClN2O. The number of hydrogen-bond donors (Lipinski definition) is 1. The first-order valence-corrected chi connectivity index (χ1v) is 5.49. The highest BCUT2D eigenvalue weighted by molar-refractivity contribution is 6.33. The Morgan fingerprint density at radius 1 is 1.56 bits per heavy atom. The summed E-state index contributed by atoms with van der Waals surface area (Å²) in [5, 5.41) is 18.5. The van der Waals surface area contributed by atoms with Gasteiger partial charge in [0.05, 0.1) is 29.3 Å². The van der Waals surface area contributed by atoms with Crippen LogP contribution in [0.4, 0.5) is 5.69 Å². The van der Waals surface area contributed by atoms with E-state index in [0.29, 0.717) is 18.0 Å². The van der Waals surface area contributed by atoms with Gasteiger partial charge in [-0.3, -0.25) is 0 Å². The number of nitrogens with zero attached hydrogens (tertiary/aromatic N) is 2. The molecule has 4 heteroatoms. The first-order valence-electron chi connectivity index (χ1n) is 5.12. The highest BCUT2D eigenvalue weighted by Crippen LogP contribution is 2.28. The van der Waals surface area contributed by atoms with Crippen LogP contribution >= 0.6 is 11.6 Å². The first-order chi connectivity index (χ1) is 7.56. The van der Waals surface area contributed by atoms with Gasteiger partial charge in [0.1, 0.15) is 0 Å². The minimum absolute atomic E-state index is 0.463. The van der Waals surface area contributed by atoms with Gasteiger partial charge in [-0.1, -0.05) is 17.7 Å². The van der Waals surface area contributed by atoms with Gasteiger partial charge in [0.25, 0.3) is 0 Å². The van der Waals surface area contributed by atoms with E-state index in [0.717, 1.165) is 11.3 Å². The van der Waals surface area contributed by atoms with Crippen LogP contribution < -0.4 is 4.90 Å². The van der Waals surface area contributed by atoms with Gasteiger partial charge >= 0.3 is 0 Å². The Bertz CT molecular complexity index is 398. The van der Waals surface area contributed by atoms with E-state index in [9.17, 15) is 5.11 Å². The highest BCUT2D eigenvalue weighted by atomic mass is 35.5. The molecule has 86 valence electrons. The predicted octanol–water partition coefficient (Wildman–Crippen LogP) is 2.74. The van der Waals surface area contributed by atoms with Gasteiger partial charge in [-0.2, -0.15) is 5.26 Å². The van der Waals surface area contributed by atoms with Crippen LogP contribution in [0, 0.1) is 11.3 Å². The van der Waals surface area contributed by atoms with Crippen LogP contribution in [0.15, 0.2) is 18.2 Å². The first kappa shape index (κ1) is 12.8. The Balaban J connectivity index is 2.86. The summed E-state index contributed by atoms with van der Waals surface area (Å²) in [6, 6.07) is 7.55. The molecule has 0 aliphatic rings. The molecule has 1 N–H and O–H groups in total. The Morgan fingerprint density at radius 3 is 2.75 bits per heavy atom.